The average Bonchev–Trinajstić information content (AvgIpc) is 3.17. The molecule has 25 heavy (non-hydrogen) atoms. The maximum Gasteiger partial charge on any atom is 0.252 e. The van der Waals surface area contributed by atoms with Crippen LogP contribution in [0.15, 0.2) is 46.0 Å². The molecule has 2 aromatic rings. The highest BCUT2D eigenvalue weighted by Crippen LogP contribution is 2.27. The molecule has 6 nitrogen and oxygen atoms in total. The lowest BCUT2D eigenvalue weighted by molar-refractivity contribution is -0.120. The van der Waals surface area contributed by atoms with Gasteiger partial charge in [-0.2, -0.15) is 4.31 Å². The molecule has 0 saturated carbocycles. The number of rotatable bonds is 5. The quantitative estimate of drug-likeness (QED) is 0.865. The second-order valence-corrected chi connectivity index (χ2v) is 8.97. The molecule has 134 valence electrons. The maximum absolute atomic E-state index is 12.6. The zero-order valence-electron chi connectivity index (χ0n) is 13.8. The Morgan fingerprint density at radius 1 is 1.32 bits per heavy atom. The molecule has 3 rings (SSSR count). The third-order valence-electron chi connectivity index (χ3n) is 4.18. The summed E-state index contributed by atoms with van der Waals surface area (Å²) in [7, 11) is -1.95. The molecule has 0 radical (unpaired) electrons. The summed E-state index contributed by atoms with van der Waals surface area (Å²) in [6.07, 6.45) is 1.34. The number of methoxy groups -OCH3 is 1. The van der Waals surface area contributed by atoms with Crippen molar-refractivity contribution < 1.29 is 17.9 Å². The number of thiophene rings is 1. The largest absolute Gasteiger partial charge is 0.497 e. The van der Waals surface area contributed by atoms with Crippen LogP contribution in [0.1, 0.15) is 12.8 Å². The van der Waals surface area contributed by atoms with Gasteiger partial charge in [0.15, 0.2) is 0 Å². The van der Waals surface area contributed by atoms with Crippen LogP contribution in [0.2, 0.25) is 0 Å². The first-order valence-electron chi connectivity index (χ1n) is 7.99. The van der Waals surface area contributed by atoms with Gasteiger partial charge in [-0.3, -0.25) is 4.79 Å². The van der Waals surface area contributed by atoms with Crippen molar-refractivity contribution in [2.45, 2.75) is 17.1 Å². The molecule has 0 spiro atoms. The molecule has 1 N–H and O–H groups in total. The van der Waals surface area contributed by atoms with Crippen molar-refractivity contribution in [3.63, 3.8) is 0 Å². The van der Waals surface area contributed by atoms with Gasteiger partial charge >= 0.3 is 0 Å². The van der Waals surface area contributed by atoms with E-state index in [1.54, 1.807) is 48.9 Å². The highest BCUT2D eigenvalue weighted by Gasteiger charge is 2.33. The van der Waals surface area contributed by atoms with E-state index in [0.717, 1.165) is 0 Å². The predicted octanol–water partition coefficient (Wildman–Crippen LogP) is 2.80. The van der Waals surface area contributed by atoms with Gasteiger partial charge in [-0.15, -0.1) is 11.3 Å². The molecule has 1 fully saturated rings. The van der Waals surface area contributed by atoms with Gasteiger partial charge in [-0.1, -0.05) is 12.1 Å². The summed E-state index contributed by atoms with van der Waals surface area (Å²) in [5, 5.41) is 4.60. The number of sulfonamides is 1. The Morgan fingerprint density at radius 3 is 2.88 bits per heavy atom. The maximum atomic E-state index is 12.6. The van der Waals surface area contributed by atoms with Gasteiger partial charge in [0.2, 0.25) is 5.91 Å². The average molecular weight is 380 g/mol. The van der Waals surface area contributed by atoms with Crippen molar-refractivity contribution in [3.8, 4) is 5.75 Å². The van der Waals surface area contributed by atoms with Gasteiger partial charge in [0.25, 0.3) is 10.0 Å². The molecule has 1 aliphatic rings. The van der Waals surface area contributed by atoms with E-state index in [-0.39, 0.29) is 18.4 Å². The Balaban J connectivity index is 1.69. The molecule has 1 amide bonds. The molecule has 1 aromatic heterocycles. The van der Waals surface area contributed by atoms with Crippen LogP contribution in [0.4, 0.5) is 5.69 Å². The van der Waals surface area contributed by atoms with Crippen molar-refractivity contribution in [2.24, 2.45) is 5.92 Å². The summed E-state index contributed by atoms with van der Waals surface area (Å²) < 4.78 is 32.2. The minimum atomic E-state index is -3.52. The molecule has 8 heteroatoms. The Bertz CT molecular complexity index is 834. The standard InChI is InChI=1S/C17H20N2O4S2/c1-23-15-7-2-6-14(11-15)18-17(20)13-5-3-9-19(12-13)25(21,22)16-8-4-10-24-16/h2,4,6-8,10-11,13H,3,5,9,12H2,1H3,(H,18,20)/t13-/m1/s1. The van der Waals surface area contributed by atoms with E-state index in [1.807, 2.05) is 0 Å². The second kappa shape index (κ2) is 7.55. The van der Waals surface area contributed by atoms with Crippen LogP contribution in [0.3, 0.4) is 0 Å². The van der Waals surface area contributed by atoms with Crippen LogP contribution in [-0.4, -0.2) is 38.8 Å². The summed E-state index contributed by atoms with van der Waals surface area (Å²) in [6, 6.07) is 10.4. The fraction of sp³-hybridized carbons (Fsp3) is 0.353. The van der Waals surface area contributed by atoms with Crippen LogP contribution in [-0.2, 0) is 14.8 Å². The number of benzene rings is 1. The minimum Gasteiger partial charge on any atom is -0.497 e. The first kappa shape index (κ1) is 17.9. The molecule has 1 atom stereocenters. The smallest absolute Gasteiger partial charge is 0.252 e. The summed E-state index contributed by atoms with van der Waals surface area (Å²) in [5.74, 6) is 0.123. The highest BCUT2D eigenvalue weighted by molar-refractivity contribution is 7.91. The number of ether oxygens (including phenoxy) is 1. The Kier molecular flexibility index (Phi) is 5.41. The first-order chi connectivity index (χ1) is 12.0. The summed E-state index contributed by atoms with van der Waals surface area (Å²) in [4.78, 5) is 12.6. The van der Waals surface area contributed by atoms with E-state index in [2.05, 4.69) is 5.32 Å². The van der Waals surface area contributed by atoms with Gasteiger partial charge in [0.05, 0.1) is 13.0 Å². The van der Waals surface area contributed by atoms with E-state index in [9.17, 15) is 13.2 Å². The zero-order valence-corrected chi connectivity index (χ0v) is 15.5. The monoisotopic (exact) mass is 380 g/mol. The summed E-state index contributed by atoms with van der Waals surface area (Å²) in [5.41, 5.74) is 0.641. The van der Waals surface area contributed by atoms with Crippen LogP contribution >= 0.6 is 11.3 Å². The van der Waals surface area contributed by atoms with Gasteiger partial charge in [-0.25, -0.2) is 8.42 Å². The number of carbonyl (C=O) groups excluding carboxylic acids is 1. The Morgan fingerprint density at radius 2 is 2.16 bits per heavy atom. The van der Waals surface area contributed by atoms with Crippen molar-refractivity contribution in [2.75, 3.05) is 25.5 Å². The normalized spacial score (nSPS) is 18.7. The number of nitrogens with one attached hydrogen (secondary N) is 1. The van der Waals surface area contributed by atoms with Gasteiger partial charge in [-0.05, 0) is 36.4 Å². The highest BCUT2D eigenvalue weighted by atomic mass is 32.2. The molecule has 1 aliphatic heterocycles. The van der Waals surface area contributed by atoms with Crippen molar-refractivity contribution >= 4 is 33.0 Å². The van der Waals surface area contributed by atoms with Gasteiger partial charge in [0.1, 0.15) is 9.96 Å². The molecule has 1 aromatic carbocycles. The third-order valence-corrected chi connectivity index (χ3v) is 7.42. The van der Waals surface area contributed by atoms with E-state index < -0.39 is 10.0 Å². The van der Waals surface area contributed by atoms with E-state index in [4.69, 9.17) is 4.74 Å². The molecular weight excluding hydrogens is 360 g/mol. The van der Waals surface area contributed by atoms with E-state index >= 15 is 0 Å². The topological polar surface area (TPSA) is 75.7 Å². The Hall–Kier alpha value is -1.90. The molecule has 0 unspecified atom stereocenters. The number of anilines is 1. The number of hydrogen-bond donors (Lipinski definition) is 1. The fourth-order valence-corrected chi connectivity index (χ4v) is 5.53. The van der Waals surface area contributed by atoms with Crippen LogP contribution in [0.25, 0.3) is 0 Å². The van der Waals surface area contributed by atoms with Crippen molar-refractivity contribution in [3.05, 3.63) is 41.8 Å². The fourth-order valence-electron chi connectivity index (χ4n) is 2.86. The number of carbonyl (C=O) groups is 1. The van der Waals surface area contributed by atoms with E-state index in [1.165, 1.54) is 15.6 Å². The minimum absolute atomic E-state index is 0.167. The lowest BCUT2D eigenvalue weighted by atomic mass is 9.98. The van der Waals surface area contributed by atoms with Gasteiger partial charge in [0, 0.05) is 24.8 Å². The zero-order chi connectivity index (χ0) is 17.9. The molecular formula is C17H20N2O4S2. The van der Waals surface area contributed by atoms with E-state index in [0.29, 0.717) is 35.0 Å². The number of hydrogen-bond acceptors (Lipinski definition) is 5. The number of amides is 1. The van der Waals surface area contributed by atoms with Crippen LogP contribution in [0.5, 0.6) is 5.75 Å². The molecule has 0 aliphatic carbocycles. The van der Waals surface area contributed by atoms with Gasteiger partial charge < -0.3 is 10.1 Å². The van der Waals surface area contributed by atoms with Crippen LogP contribution < -0.4 is 10.1 Å². The lowest BCUT2D eigenvalue weighted by Crippen LogP contribution is -2.43. The van der Waals surface area contributed by atoms with Crippen LogP contribution in [0, 0.1) is 5.92 Å². The van der Waals surface area contributed by atoms with Crippen molar-refractivity contribution in [1.29, 1.82) is 0 Å². The molecule has 1 saturated heterocycles. The molecule has 2 heterocycles. The third kappa shape index (κ3) is 4.02. The molecule has 0 bridgehead atoms. The summed E-state index contributed by atoms with van der Waals surface area (Å²) in [6.45, 7) is 0.652. The van der Waals surface area contributed by atoms with Crippen molar-refractivity contribution in [1.82, 2.24) is 4.31 Å². The second-order valence-electron chi connectivity index (χ2n) is 5.86. The number of piperidine rings is 1. The summed E-state index contributed by atoms with van der Waals surface area (Å²) >= 11 is 1.20. The first-order valence-corrected chi connectivity index (χ1v) is 10.3. The SMILES string of the molecule is COc1cccc(NC(=O)[C@@H]2CCCN(S(=O)(=O)c3cccs3)C2)c1. The number of nitrogens with zero attached hydrogens (tertiary/aromatic N) is 1. The lowest BCUT2D eigenvalue weighted by Gasteiger charge is -2.30. The Labute approximate surface area is 151 Å². The predicted molar refractivity (Wildman–Crippen MR) is 97.4 cm³/mol.